The second kappa shape index (κ2) is 5.25. The van der Waals surface area contributed by atoms with E-state index >= 15 is 0 Å². The van der Waals surface area contributed by atoms with Crippen LogP contribution in [0.3, 0.4) is 0 Å². The maximum absolute atomic E-state index is 9.40. The van der Waals surface area contributed by atoms with E-state index < -0.39 is 0 Å². The van der Waals surface area contributed by atoms with E-state index in [0.29, 0.717) is 0 Å². The van der Waals surface area contributed by atoms with Gasteiger partial charge in [-0.2, -0.15) is 0 Å². The highest BCUT2D eigenvalue weighted by atomic mass is 16.3. The lowest BCUT2D eigenvalue weighted by Crippen LogP contribution is -1.95. The Bertz CT molecular complexity index is 662. The summed E-state index contributed by atoms with van der Waals surface area (Å²) >= 11 is 0. The van der Waals surface area contributed by atoms with Gasteiger partial charge in [0.2, 0.25) is 0 Å². The van der Waals surface area contributed by atoms with E-state index in [1.165, 1.54) is 0 Å². The topological polar surface area (TPSA) is 40.5 Å². The standard InChI is InChI=1S/C18H15O2/c19-15-9-5-13(6-10-15)17-3-1-2-4-18(17)14-7-11-16(20)12-8-14/h1,3-12,19-20H,2H2. The summed E-state index contributed by atoms with van der Waals surface area (Å²) in [7, 11) is 0. The van der Waals surface area contributed by atoms with Gasteiger partial charge >= 0.3 is 0 Å². The van der Waals surface area contributed by atoms with Gasteiger partial charge in [0.15, 0.2) is 0 Å². The van der Waals surface area contributed by atoms with Crippen molar-refractivity contribution >= 4 is 11.1 Å². The molecule has 0 aliphatic heterocycles. The molecule has 3 rings (SSSR count). The normalized spacial score (nSPS) is 14.6. The number of benzene rings is 2. The first-order chi connectivity index (χ1) is 9.74. The van der Waals surface area contributed by atoms with Crippen molar-refractivity contribution in [3.63, 3.8) is 0 Å². The number of allylic oxidation sites excluding steroid dienone is 4. The molecule has 2 nitrogen and oxygen atoms in total. The highest BCUT2D eigenvalue weighted by molar-refractivity contribution is 5.99. The van der Waals surface area contributed by atoms with E-state index in [2.05, 4.69) is 18.6 Å². The lowest BCUT2D eigenvalue weighted by molar-refractivity contribution is 0.474. The molecule has 2 aromatic carbocycles. The van der Waals surface area contributed by atoms with Gasteiger partial charge in [-0.25, -0.2) is 0 Å². The Morgan fingerprint density at radius 1 is 0.650 bits per heavy atom. The largest absolute Gasteiger partial charge is 0.508 e. The zero-order chi connectivity index (χ0) is 13.9. The van der Waals surface area contributed by atoms with E-state index in [-0.39, 0.29) is 11.5 Å². The average Bonchev–Trinajstić information content (AvgIpc) is 2.49. The third-order valence-corrected chi connectivity index (χ3v) is 3.39. The zero-order valence-electron chi connectivity index (χ0n) is 11.0. The summed E-state index contributed by atoms with van der Waals surface area (Å²) in [5.41, 5.74) is 4.42. The summed E-state index contributed by atoms with van der Waals surface area (Å²) in [4.78, 5) is 0. The molecule has 2 N–H and O–H groups in total. The highest BCUT2D eigenvalue weighted by Crippen LogP contribution is 2.34. The van der Waals surface area contributed by atoms with Gasteiger partial charge in [-0.15, -0.1) is 0 Å². The molecule has 1 aliphatic carbocycles. The number of hydrogen-bond acceptors (Lipinski definition) is 2. The van der Waals surface area contributed by atoms with Crippen LogP contribution in [0.5, 0.6) is 11.5 Å². The lowest BCUT2D eigenvalue weighted by Gasteiger charge is -2.17. The SMILES string of the molecule is Oc1ccc(C2=C(c3ccc(O)cc3)C=CC[CH]2)cc1. The molecule has 20 heavy (non-hydrogen) atoms. The molecule has 0 bridgehead atoms. The van der Waals surface area contributed by atoms with Gasteiger partial charge in [-0.1, -0.05) is 36.4 Å². The first kappa shape index (κ1) is 12.5. The highest BCUT2D eigenvalue weighted by Gasteiger charge is 2.12. The molecule has 0 spiro atoms. The second-order valence-electron chi connectivity index (χ2n) is 4.76. The van der Waals surface area contributed by atoms with Crippen LogP contribution in [-0.4, -0.2) is 10.2 Å². The third kappa shape index (κ3) is 2.45. The van der Waals surface area contributed by atoms with E-state index in [1.807, 2.05) is 24.3 Å². The fourth-order valence-corrected chi connectivity index (χ4v) is 2.38. The molecule has 1 radical (unpaired) electrons. The van der Waals surface area contributed by atoms with Crippen LogP contribution < -0.4 is 0 Å². The first-order valence-electron chi connectivity index (χ1n) is 6.57. The van der Waals surface area contributed by atoms with Crippen molar-refractivity contribution in [2.75, 3.05) is 0 Å². The van der Waals surface area contributed by atoms with Gasteiger partial charge in [0.1, 0.15) is 11.5 Å². The number of rotatable bonds is 2. The molecule has 0 heterocycles. The van der Waals surface area contributed by atoms with Crippen molar-refractivity contribution < 1.29 is 10.2 Å². The molecule has 2 aromatic rings. The summed E-state index contributed by atoms with van der Waals surface area (Å²) in [5, 5.41) is 18.8. The molecule has 0 saturated heterocycles. The summed E-state index contributed by atoms with van der Waals surface area (Å²) in [6.07, 6.45) is 7.30. The van der Waals surface area contributed by atoms with Crippen LogP contribution in [0.25, 0.3) is 11.1 Å². The number of hydrogen-bond donors (Lipinski definition) is 2. The van der Waals surface area contributed by atoms with Crippen LogP contribution in [0, 0.1) is 6.42 Å². The molecule has 1 aliphatic rings. The Hall–Kier alpha value is -2.48. The Kier molecular flexibility index (Phi) is 3.30. The minimum Gasteiger partial charge on any atom is -0.508 e. The quantitative estimate of drug-likeness (QED) is 0.853. The molecule has 99 valence electrons. The molecular formula is C18H15O2. The molecule has 0 atom stereocenters. The Morgan fingerprint density at radius 3 is 1.70 bits per heavy atom. The molecule has 0 saturated carbocycles. The van der Waals surface area contributed by atoms with E-state index in [0.717, 1.165) is 28.7 Å². The minimum absolute atomic E-state index is 0.268. The van der Waals surface area contributed by atoms with Crippen LogP contribution in [0.1, 0.15) is 17.5 Å². The second-order valence-corrected chi connectivity index (χ2v) is 4.76. The maximum Gasteiger partial charge on any atom is 0.115 e. The summed E-state index contributed by atoms with van der Waals surface area (Å²) in [5.74, 6) is 0.538. The molecule has 0 aromatic heterocycles. The average molecular weight is 263 g/mol. The number of phenolic OH excluding ortho intramolecular Hbond substituents is 2. The number of phenols is 2. The Morgan fingerprint density at radius 2 is 1.15 bits per heavy atom. The predicted molar refractivity (Wildman–Crippen MR) is 81.1 cm³/mol. The summed E-state index contributed by atoms with van der Waals surface area (Å²) < 4.78 is 0. The van der Waals surface area contributed by atoms with Gasteiger partial charge in [0, 0.05) is 0 Å². The molecule has 0 amide bonds. The van der Waals surface area contributed by atoms with E-state index in [1.54, 1.807) is 24.3 Å². The first-order valence-corrected chi connectivity index (χ1v) is 6.57. The van der Waals surface area contributed by atoms with Crippen molar-refractivity contribution in [3.05, 3.63) is 78.2 Å². The monoisotopic (exact) mass is 263 g/mol. The van der Waals surface area contributed by atoms with E-state index in [9.17, 15) is 10.2 Å². The zero-order valence-corrected chi connectivity index (χ0v) is 11.0. The Labute approximate surface area is 118 Å². The Balaban J connectivity index is 2.10. The molecule has 0 fully saturated rings. The molecule has 0 unspecified atom stereocenters. The van der Waals surface area contributed by atoms with Gasteiger partial charge in [0.05, 0.1) is 0 Å². The van der Waals surface area contributed by atoms with Crippen molar-refractivity contribution in [3.8, 4) is 11.5 Å². The van der Waals surface area contributed by atoms with Crippen LogP contribution in [-0.2, 0) is 0 Å². The fourth-order valence-electron chi connectivity index (χ4n) is 2.38. The van der Waals surface area contributed by atoms with Gasteiger partial charge in [0.25, 0.3) is 0 Å². The molecule has 2 heteroatoms. The lowest BCUT2D eigenvalue weighted by atomic mass is 9.88. The van der Waals surface area contributed by atoms with Crippen LogP contribution in [0.2, 0.25) is 0 Å². The van der Waals surface area contributed by atoms with Crippen molar-refractivity contribution in [1.29, 1.82) is 0 Å². The van der Waals surface area contributed by atoms with Crippen LogP contribution >= 0.6 is 0 Å². The summed E-state index contributed by atoms with van der Waals surface area (Å²) in [6.45, 7) is 0. The maximum atomic E-state index is 9.40. The number of aromatic hydroxyl groups is 2. The van der Waals surface area contributed by atoms with Crippen molar-refractivity contribution in [2.24, 2.45) is 0 Å². The van der Waals surface area contributed by atoms with Gasteiger partial charge in [-0.05, 0) is 59.4 Å². The predicted octanol–water partition coefficient (Wildman–Crippen LogP) is 4.17. The van der Waals surface area contributed by atoms with Gasteiger partial charge < -0.3 is 10.2 Å². The van der Waals surface area contributed by atoms with Crippen molar-refractivity contribution in [2.45, 2.75) is 6.42 Å². The third-order valence-electron chi connectivity index (χ3n) is 3.39. The fraction of sp³-hybridized carbons (Fsp3) is 0.0556. The van der Waals surface area contributed by atoms with E-state index in [4.69, 9.17) is 0 Å². The minimum atomic E-state index is 0.268. The van der Waals surface area contributed by atoms with Crippen LogP contribution in [0.15, 0.2) is 60.7 Å². The summed E-state index contributed by atoms with van der Waals surface area (Å²) in [6, 6.07) is 14.4. The van der Waals surface area contributed by atoms with Crippen LogP contribution in [0.4, 0.5) is 0 Å². The smallest absolute Gasteiger partial charge is 0.115 e. The molecular weight excluding hydrogens is 248 g/mol. The van der Waals surface area contributed by atoms with Crippen molar-refractivity contribution in [1.82, 2.24) is 0 Å². The van der Waals surface area contributed by atoms with Gasteiger partial charge in [-0.3, -0.25) is 0 Å².